The van der Waals surface area contributed by atoms with E-state index in [9.17, 15) is 14.7 Å². The maximum Gasteiger partial charge on any atom is 0.273 e. The van der Waals surface area contributed by atoms with E-state index in [1.807, 2.05) is 42.5 Å². The highest BCUT2D eigenvalue weighted by atomic mass is 16.3. The molecule has 25 heavy (non-hydrogen) atoms. The summed E-state index contributed by atoms with van der Waals surface area (Å²) in [5.74, 6) is -0.956. The standard InChI is InChI=1S/C20H18N2O3/c23-18(13-10-14-6-2-1-3-7-14)21-22-20(25)17-12-11-15-8-4-5-9-16(15)19(17)24/h1-9,11-12,24H,10,13H2,(H,21,23)(H,22,25). The molecule has 0 heterocycles. The van der Waals surface area contributed by atoms with Gasteiger partial charge in [-0.3, -0.25) is 20.4 Å². The SMILES string of the molecule is O=C(CCc1ccccc1)NNC(=O)c1ccc2ccccc2c1O. The van der Waals surface area contributed by atoms with E-state index in [-0.39, 0.29) is 23.6 Å². The first-order chi connectivity index (χ1) is 12.1. The molecular formula is C20H18N2O3. The van der Waals surface area contributed by atoms with E-state index in [1.165, 1.54) is 6.07 Å². The Labute approximate surface area is 145 Å². The summed E-state index contributed by atoms with van der Waals surface area (Å²) in [4.78, 5) is 24.1. The Bertz CT molecular complexity index is 907. The molecule has 5 heteroatoms. The van der Waals surface area contributed by atoms with E-state index in [1.54, 1.807) is 18.2 Å². The minimum absolute atomic E-state index is 0.103. The summed E-state index contributed by atoms with van der Waals surface area (Å²) in [6.45, 7) is 0. The lowest BCUT2D eigenvalue weighted by molar-refractivity contribution is -0.121. The van der Waals surface area contributed by atoms with Crippen LogP contribution in [-0.4, -0.2) is 16.9 Å². The van der Waals surface area contributed by atoms with E-state index in [0.717, 1.165) is 10.9 Å². The maximum absolute atomic E-state index is 12.2. The van der Waals surface area contributed by atoms with Crippen molar-refractivity contribution in [2.24, 2.45) is 0 Å². The lowest BCUT2D eigenvalue weighted by Gasteiger charge is -2.10. The summed E-state index contributed by atoms with van der Waals surface area (Å²) < 4.78 is 0. The van der Waals surface area contributed by atoms with Crippen molar-refractivity contribution in [3.05, 3.63) is 77.9 Å². The van der Waals surface area contributed by atoms with Crippen LogP contribution < -0.4 is 10.9 Å². The Balaban J connectivity index is 1.59. The third kappa shape index (κ3) is 3.95. The molecule has 0 aliphatic heterocycles. The molecule has 0 fully saturated rings. The number of hydrogen-bond donors (Lipinski definition) is 3. The number of carbonyl (C=O) groups is 2. The summed E-state index contributed by atoms with van der Waals surface area (Å²) in [5, 5.41) is 11.7. The van der Waals surface area contributed by atoms with Gasteiger partial charge in [0, 0.05) is 11.8 Å². The number of amides is 2. The number of benzene rings is 3. The molecule has 0 aromatic heterocycles. The van der Waals surface area contributed by atoms with Crippen LogP contribution in [0.15, 0.2) is 66.7 Å². The van der Waals surface area contributed by atoms with Gasteiger partial charge in [0.05, 0.1) is 5.56 Å². The first-order valence-electron chi connectivity index (χ1n) is 7.99. The quantitative estimate of drug-likeness (QED) is 0.642. The van der Waals surface area contributed by atoms with Gasteiger partial charge in [0.1, 0.15) is 5.75 Å². The molecule has 0 radical (unpaired) electrons. The van der Waals surface area contributed by atoms with Crippen LogP contribution in [0.3, 0.4) is 0 Å². The Kier molecular flexibility index (Phi) is 4.95. The van der Waals surface area contributed by atoms with Gasteiger partial charge in [0.15, 0.2) is 0 Å². The van der Waals surface area contributed by atoms with Crippen LogP contribution in [0, 0.1) is 0 Å². The number of rotatable bonds is 4. The monoisotopic (exact) mass is 334 g/mol. The molecule has 5 nitrogen and oxygen atoms in total. The minimum Gasteiger partial charge on any atom is -0.506 e. The summed E-state index contributed by atoms with van der Waals surface area (Å²) >= 11 is 0. The van der Waals surface area contributed by atoms with Crippen molar-refractivity contribution in [3.63, 3.8) is 0 Å². The van der Waals surface area contributed by atoms with Crippen molar-refractivity contribution in [3.8, 4) is 5.75 Å². The molecule has 3 N–H and O–H groups in total. The van der Waals surface area contributed by atoms with Gasteiger partial charge in [-0.1, -0.05) is 60.7 Å². The molecule has 2 amide bonds. The van der Waals surface area contributed by atoms with Crippen LogP contribution >= 0.6 is 0 Å². The van der Waals surface area contributed by atoms with Crippen LogP contribution in [0.5, 0.6) is 5.75 Å². The molecule has 126 valence electrons. The van der Waals surface area contributed by atoms with Crippen LogP contribution in [0.4, 0.5) is 0 Å². The lowest BCUT2D eigenvalue weighted by atomic mass is 10.1. The molecule has 0 aliphatic rings. The third-order valence-corrected chi connectivity index (χ3v) is 3.94. The molecule has 3 rings (SSSR count). The Morgan fingerprint density at radius 1 is 0.840 bits per heavy atom. The highest BCUT2D eigenvalue weighted by Crippen LogP contribution is 2.28. The smallest absolute Gasteiger partial charge is 0.273 e. The van der Waals surface area contributed by atoms with Gasteiger partial charge in [-0.2, -0.15) is 0 Å². The van der Waals surface area contributed by atoms with Crippen LogP contribution in [0.25, 0.3) is 10.8 Å². The highest BCUT2D eigenvalue weighted by Gasteiger charge is 2.14. The van der Waals surface area contributed by atoms with Crippen molar-refractivity contribution >= 4 is 22.6 Å². The molecule has 0 saturated heterocycles. The predicted molar refractivity (Wildman–Crippen MR) is 96.0 cm³/mol. The van der Waals surface area contributed by atoms with Gasteiger partial charge in [-0.25, -0.2) is 0 Å². The summed E-state index contributed by atoms with van der Waals surface area (Å²) in [6, 6.07) is 20.1. The molecule has 3 aromatic rings. The number of phenols is 1. The minimum atomic E-state index is -0.559. The van der Waals surface area contributed by atoms with Crippen molar-refractivity contribution in [1.82, 2.24) is 10.9 Å². The van der Waals surface area contributed by atoms with E-state index < -0.39 is 5.91 Å². The second kappa shape index (κ2) is 7.49. The van der Waals surface area contributed by atoms with Gasteiger partial charge in [-0.05, 0) is 23.4 Å². The van der Waals surface area contributed by atoms with Gasteiger partial charge in [0.25, 0.3) is 5.91 Å². The van der Waals surface area contributed by atoms with E-state index >= 15 is 0 Å². The number of carbonyl (C=O) groups excluding carboxylic acids is 2. The molecule has 0 bridgehead atoms. The first kappa shape index (κ1) is 16.5. The molecule has 0 unspecified atom stereocenters. The zero-order valence-electron chi connectivity index (χ0n) is 13.5. The molecule has 0 aliphatic carbocycles. The summed E-state index contributed by atoms with van der Waals surface area (Å²) in [6.07, 6.45) is 0.845. The fourth-order valence-electron chi connectivity index (χ4n) is 2.60. The number of nitrogens with one attached hydrogen (secondary N) is 2. The Hall–Kier alpha value is -3.34. The largest absolute Gasteiger partial charge is 0.506 e. The number of hydrogen-bond acceptors (Lipinski definition) is 3. The van der Waals surface area contributed by atoms with Crippen LogP contribution in [-0.2, 0) is 11.2 Å². The van der Waals surface area contributed by atoms with E-state index in [2.05, 4.69) is 10.9 Å². The summed E-state index contributed by atoms with van der Waals surface area (Å²) in [5.41, 5.74) is 5.88. The number of fused-ring (bicyclic) bond motifs is 1. The second-order valence-corrected chi connectivity index (χ2v) is 5.67. The van der Waals surface area contributed by atoms with Crippen LogP contribution in [0.2, 0.25) is 0 Å². The molecular weight excluding hydrogens is 316 g/mol. The molecule has 0 atom stereocenters. The van der Waals surface area contributed by atoms with Crippen molar-refractivity contribution in [2.75, 3.05) is 0 Å². The Morgan fingerprint density at radius 2 is 1.56 bits per heavy atom. The van der Waals surface area contributed by atoms with E-state index in [4.69, 9.17) is 0 Å². The topological polar surface area (TPSA) is 78.4 Å². The van der Waals surface area contributed by atoms with Gasteiger partial charge in [-0.15, -0.1) is 0 Å². The number of hydrazine groups is 1. The van der Waals surface area contributed by atoms with Crippen molar-refractivity contribution < 1.29 is 14.7 Å². The number of aromatic hydroxyl groups is 1. The van der Waals surface area contributed by atoms with E-state index in [0.29, 0.717) is 11.8 Å². The number of phenolic OH excluding ortho intramolecular Hbond substituents is 1. The predicted octanol–water partition coefficient (Wildman–Crippen LogP) is 2.94. The average Bonchev–Trinajstić information content (AvgIpc) is 2.66. The molecule has 0 saturated carbocycles. The van der Waals surface area contributed by atoms with Crippen LogP contribution in [0.1, 0.15) is 22.3 Å². The molecule has 3 aromatic carbocycles. The van der Waals surface area contributed by atoms with Gasteiger partial charge >= 0.3 is 0 Å². The fourth-order valence-corrected chi connectivity index (χ4v) is 2.60. The highest BCUT2D eigenvalue weighted by molar-refractivity contribution is 6.03. The van der Waals surface area contributed by atoms with Gasteiger partial charge < -0.3 is 5.11 Å². The average molecular weight is 334 g/mol. The Morgan fingerprint density at radius 3 is 2.36 bits per heavy atom. The second-order valence-electron chi connectivity index (χ2n) is 5.67. The normalized spacial score (nSPS) is 10.4. The summed E-state index contributed by atoms with van der Waals surface area (Å²) in [7, 11) is 0. The van der Waals surface area contributed by atoms with Crippen molar-refractivity contribution in [2.45, 2.75) is 12.8 Å². The van der Waals surface area contributed by atoms with Crippen molar-refractivity contribution in [1.29, 1.82) is 0 Å². The van der Waals surface area contributed by atoms with Gasteiger partial charge in [0.2, 0.25) is 5.91 Å². The zero-order chi connectivity index (χ0) is 17.6. The third-order valence-electron chi connectivity index (χ3n) is 3.94. The fraction of sp³-hybridized carbons (Fsp3) is 0.100. The molecule has 0 spiro atoms. The number of aryl methyl sites for hydroxylation is 1. The first-order valence-corrected chi connectivity index (χ1v) is 7.99. The lowest BCUT2D eigenvalue weighted by Crippen LogP contribution is -2.41. The zero-order valence-corrected chi connectivity index (χ0v) is 13.5. The maximum atomic E-state index is 12.2.